The average Bonchev–Trinajstić information content (AvgIpc) is 2.75. The molecule has 0 fully saturated rings. The Hall–Kier alpha value is -3.74. The number of ether oxygens (including phenoxy) is 2. The summed E-state index contributed by atoms with van der Waals surface area (Å²) in [6.07, 6.45) is 4.31. The van der Waals surface area contributed by atoms with Crippen LogP contribution in [0.15, 0.2) is 24.3 Å². The normalized spacial score (nSPS) is 12.0. The van der Waals surface area contributed by atoms with Gasteiger partial charge in [0.2, 0.25) is 5.91 Å². The van der Waals surface area contributed by atoms with Crippen molar-refractivity contribution in [1.82, 2.24) is 5.32 Å². The maximum Gasteiger partial charge on any atom is 0.330 e. The second kappa shape index (κ2) is 20.8. The number of carboxylic acid groups (broad SMARTS) is 3. The number of esters is 2. The van der Waals surface area contributed by atoms with Gasteiger partial charge in [-0.1, -0.05) is 27.7 Å². The number of hydrogen-bond acceptors (Lipinski definition) is 9. The van der Waals surface area contributed by atoms with Crippen molar-refractivity contribution in [3.05, 3.63) is 24.3 Å². The summed E-state index contributed by atoms with van der Waals surface area (Å²) in [5.74, 6) is -4.66. The van der Waals surface area contributed by atoms with E-state index in [9.17, 15) is 28.8 Å². The smallest absolute Gasteiger partial charge is 0.330 e. The molecule has 0 rings (SSSR count). The Balaban J connectivity index is -0.000000481. The summed E-state index contributed by atoms with van der Waals surface area (Å²) in [7, 11) is 2.36. The molecule has 0 saturated carbocycles. The van der Waals surface area contributed by atoms with Gasteiger partial charge in [-0.3, -0.25) is 9.59 Å². The van der Waals surface area contributed by atoms with E-state index in [2.05, 4.69) is 14.8 Å². The van der Waals surface area contributed by atoms with E-state index in [1.165, 1.54) is 14.2 Å². The number of carbonyl (C=O) groups excluding carboxylic acids is 3. The fourth-order valence-electron chi connectivity index (χ4n) is 1.94. The van der Waals surface area contributed by atoms with Crippen molar-refractivity contribution in [2.45, 2.75) is 52.6 Å². The molecule has 6 N–H and O–H groups in total. The number of amides is 1. The quantitative estimate of drug-likeness (QED) is 0.193. The van der Waals surface area contributed by atoms with E-state index in [0.29, 0.717) is 24.8 Å². The molecule has 0 spiro atoms. The van der Waals surface area contributed by atoms with Crippen LogP contribution in [0, 0.1) is 11.8 Å². The molecule has 0 aliphatic heterocycles. The van der Waals surface area contributed by atoms with Crippen LogP contribution in [0.3, 0.4) is 0 Å². The zero-order valence-corrected chi connectivity index (χ0v) is 20.7. The van der Waals surface area contributed by atoms with Crippen molar-refractivity contribution in [1.29, 1.82) is 0 Å². The number of carbonyl (C=O) groups is 6. The van der Waals surface area contributed by atoms with Crippen LogP contribution >= 0.6 is 0 Å². The van der Waals surface area contributed by atoms with E-state index in [-0.39, 0.29) is 5.92 Å². The number of rotatable bonds is 11. The van der Waals surface area contributed by atoms with Gasteiger partial charge in [-0.2, -0.15) is 0 Å². The molecule has 0 heterocycles. The molecule has 0 aromatic rings. The van der Waals surface area contributed by atoms with E-state index in [1.54, 1.807) is 0 Å². The summed E-state index contributed by atoms with van der Waals surface area (Å²) in [6.45, 7) is 7.60. The van der Waals surface area contributed by atoms with Gasteiger partial charge in [0.1, 0.15) is 12.1 Å². The first-order valence-electron chi connectivity index (χ1n) is 10.3. The molecule has 1 amide bonds. The number of carboxylic acids is 3. The SMILES string of the molecule is CC(C)C[C@H](N)C(=O)O.COC(=O)/C=C/C(=O)N[C@@H](CC(C)C)C(=O)O.COC(=O)/C=C/C(=O)O. The third-order valence-corrected chi connectivity index (χ3v) is 3.50. The second-order valence-corrected chi connectivity index (χ2v) is 7.65. The Morgan fingerprint density at radius 1 is 0.743 bits per heavy atom. The lowest BCUT2D eigenvalue weighted by atomic mass is 10.0. The lowest BCUT2D eigenvalue weighted by molar-refractivity contribution is -0.141. The molecule has 2 atom stereocenters. The molecular formula is C22H36N2O11. The summed E-state index contributed by atoms with van der Waals surface area (Å²) in [4.78, 5) is 62.8. The van der Waals surface area contributed by atoms with Crippen molar-refractivity contribution in [3.8, 4) is 0 Å². The Morgan fingerprint density at radius 3 is 1.46 bits per heavy atom. The van der Waals surface area contributed by atoms with Gasteiger partial charge in [0.15, 0.2) is 0 Å². The van der Waals surface area contributed by atoms with Crippen molar-refractivity contribution >= 4 is 35.8 Å². The van der Waals surface area contributed by atoms with E-state index < -0.39 is 47.8 Å². The summed E-state index contributed by atoms with van der Waals surface area (Å²) in [6, 6.07) is -1.64. The summed E-state index contributed by atoms with van der Waals surface area (Å²) in [5, 5.41) is 27.4. The Morgan fingerprint density at radius 2 is 1.17 bits per heavy atom. The van der Waals surface area contributed by atoms with Gasteiger partial charge in [0.05, 0.1) is 14.2 Å². The van der Waals surface area contributed by atoms with Crippen LogP contribution in [-0.2, 0) is 38.2 Å². The predicted octanol–water partition coefficient (Wildman–Crippen LogP) is 0.576. The highest BCUT2D eigenvalue weighted by Gasteiger charge is 2.20. The predicted molar refractivity (Wildman–Crippen MR) is 124 cm³/mol. The highest BCUT2D eigenvalue weighted by Crippen LogP contribution is 2.05. The van der Waals surface area contributed by atoms with Crippen LogP contribution < -0.4 is 11.1 Å². The first-order chi connectivity index (χ1) is 16.1. The lowest BCUT2D eigenvalue weighted by Gasteiger charge is -2.15. The number of nitrogens with two attached hydrogens (primary N) is 1. The van der Waals surface area contributed by atoms with Crippen molar-refractivity contribution in [3.63, 3.8) is 0 Å². The fourth-order valence-corrected chi connectivity index (χ4v) is 1.94. The van der Waals surface area contributed by atoms with Crippen LogP contribution in [0.1, 0.15) is 40.5 Å². The van der Waals surface area contributed by atoms with Crippen molar-refractivity contribution in [2.24, 2.45) is 17.6 Å². The molecule has 0 bridgehead atoms. The molecule has 200 valence electrons. The van der Waals surface area contributed by atoms with Crippen molar-refractivity contribution in [2.75, 3.05) is 14.2 Å². The van der Waals surface area contributed by atoms with Gasteiger partial charge in [0.25, 0.3) is 0 Å². The molecule has 13 heteroatoms. The second-order valence-electron chi connectivity index (χ2n) is 7.65. The van der Waals surface area contributed by atoms with Gasteiger partial charge in [-0.05, 0) is 24.7 Å². The molecule has 0 aliphatic carbocycles. The molecule has 0 aliphatic rings. The van der Waals surface area contributed by atoms with Crippen molar-refractivity contribution < 1.29 is 53.6 Å². The van der Waals surface area contributed by atoms with Gasteiger partial charge < -0.3 is 35.8 Å². The first kappa shape index (κ1) is 35.8. The Labute approximate surface area is 204 Å². The zero-order chi connectivity index (χ0) is 28.1. The summed E-state index contributed by atoms with van der Waals surface area (Å²) in [5.41, 5.74) is 5.22. The molecule has 0 aromatic heterocycles. The van der Waals surface area contributed by atoms with Gasteiger partial charge in [-0.25, -0.2) is 19.2 Å². The maximum absolute atomic E-state index is 11.3. The summed E-state index contributed by atoms with van der Waals surface area (Å²) < 4.78 is 8.41. The van der Waals surface area contributed by atoms with Crippen LogP contribution in [0.25, 0.3) is 0 Å². The first-order valence-corrected chi connectivity index (χ1v) is 10.3. The molecular weight excluding hydrogens is 468 g/mol. The van der Waals surface area contributed by atoms with E-state index in [1.807, 2.05) is 27.7 Å². The van der Waals surface area contributed by atoms with Crippen LogP contribution in [0.4, 0.5) is 0 Å². The minimum Gasteiger partial charge on any atom is -0.480 e. The molecule has 0 unspecified atom stereocenters. The molecule has 0 aromatic carbocycles. The molecule has 0 saturated heterocycles. The fraction of sp³-hybridized carbons (Fsp3) is 0.545. The average molecular weight is 505 g/mol. The van der Waals surface area contributed by atoms with Crippen LogP contribution in [0.5, 0.6) is 0 Å². The van der Waals surface area contributed by atoms with Crippen LogP contribution in [-0.4, -0.2) is 77.4 Å². The monoisotopic (exact) mass is 504 g/mol. The number of nitrogens with one attached hydrogen (secondary N) is 1. The lowest BCUT2D eigenvalue weighted by Crippen LogP contribution is -2.40. The number of methoxy groups -OCH3 is 2. The van der Waals surface area contributed by atoms with Gasteiger partial charge in [-0.15, -0.1) is 0 Å². The Kier molecular flexibility index (Phi) is 21.3. The minimum absolute atomic E-state index is 0.140. The Bertz CT molecular complexity index is 759. The highest BCUT2D eigenvalue weighted by molar-refractivity contribution is 5.96. The van der Waals surface area contributed by atoms with E-state index in [4.69, 9.17) is 21.1 Å². The molecule has 0 radical (unpaired) electrons. The van der Waals surface area contributed by atoms with Crippen LogP contribution in [0.2, 0.25) is 0 Å². The third kappa shape index (κ3) is 26.4. The highest BCUT2D eigenvalue weighted by atomic mass is 16.5. The maximum atomic E-state index is 11.3. The zero-order valence-electron chi connectivity index (χ0n) is 20.7. The number of hydrogen-bond donors (Lipinski definition) is 5. The third-order valence-electron chi connectivity index (χ3n) is 3.50. The summed E-state index contributed by atoms with van der Waals surface area (Å²) >= 11 is 0. The molecule has 13 nitrogen and oxygen atoms in total. The number of aliphatic carboxylic acids is 3. The largest absolute Gasteiger partial charge is 0.480 e. The van der Waals surface area contributed by atoms with Gasteiger partial charge in [0, 0.05) is 24.3 Å². The minimum atomic E-state index is -1.17. The van der Waals surface area contributed by atoms with Gasteiger partial charge >= 0.3 is 29.8 Å². The topological polar surface area (TPSA) is 220 Å². The standard InChI is InChI=1S/C11H17NO5.C6H13NO2.C5H6O4/c1-7(2)6-8(11(15)16)12-9(13)4-5-10(14)17-3;1-4(2)3-5(7)6(8)9;1-9-5(8)3-2-4(6)7/h4-5,7-8H,6H2,1-3H3,(H,12,13)(H,15,16);4-5H,3,7H2,1-2H3,(H,8,9);2-3H,1H3,(H,6,7)/b5-4+;;3-2+/t8-;5-;/m00./s1. The van der Waals surface area contributed by atoms with E-state index >= 15 is 0 Å². The molecule has 35 heavy (non-hydrogen) atoms. The van der Waals surface area contributed by atoms with E-state index in [0.717, 1.165) is 18.2 Å².